The fourth-order valence-corrected chi connectivity index (χ4v) is 16.1. The van der Waals surface area contributed by atoms with Gasteiger partial charge in [0.15, 0.2) is 5.78 Å². The molecule has 1 aliphatic carbocycles. The summed E-state index contributed by atoms with van der Waals surface area (Å²) in [6.45, 7) is 15.5. The van der Waals surface area contributed by atoms with Gasteiger partial charge >= 0.3 is 11.9 Å². The van der Waals surface area contributed by atoms with Crippen LogP contribution in [0.15, 0.2) is 47.6 Å². The lowest BCUT2D eigenvalue weighted by Crippen LogP contribution is -2.61. The van der Waals surface area contributed by atoms with Gasteiger partial charge < -0.3 is 59.3 Å². The first kappa shape index (κ1) is 71.5. The van der Waals surface area contributed by atoms with E-state index in [2.05, 4.69) is 33.2 Å². The van der Waals surface area contributed by atoms with E-state index in [0.717, 1.165) is 5.57 Å². The average Bonchev–Trinajstić information content (AvgIpc) is 2.85. The van der Waals surface area contributed by atoms with Crippen LogP contribution in [-0.4, -0.2) is 150 Å². The molecule has 5 N–H and O–H groups in total. The van der Waals surface area contributed by atoms with E-state index in [9.17, 15) is 48.9 Å². The second-order valence-electron chi connectivity index (χ2n) is 23.5. The maximum Gasteiger partial charge on any atom is 0.340 e. The zero-order chi connectivity index (χ0) is 62.5. The lowest BCUT2D eigenvalue weighted by Gasteiger charge is -2.42. The molecule has 1 saturated carbocycles. The molecule has 2 saturated heterocycles. The average molecular weight is 1510 g/mol. The first-order valence-electron chi connectivity index (χ1n) is 29.2. The van der Waals surface area contributed by atoms with Gasteiger partial charge in [0.2, 0.25) is 11.7 Å². The minimum Gasteiger partial charge on any atom is -0.460 e. The van der Waals surface area contributed by atoms with Crippen molar-refractivity contribution in [1.29, 1.82) is 0 Å². The summed E-state index contributed by atoms with van der Waals surface area (Å²) in [4.78, 5) is 99.7. The molecule has 0 aromatic heterocycles. The van der Waals surface area contributed by atoms with Crippen LogP contribution in [0.2, 0.25) is 0 Å². The van der Waals surface area contributed by atoms with Gasteiger partial charge in [0, 0.05) is 65.4 Å². The minimum absolute atomic E-state index is 0.0175. The van der Waals surface area contributed by atoms with E-state index in [1.54, 1.807) is 40.9 Å². The maximum atomic E-state index is 14.7. The Kier molecular flexibility index (Phi) is 28.0. The predicted molar refractivity (Wildman–Crippen MR) is 343 cm³/mol. The molecule has 16 atom stereocenters. The molecule has 1 aromatic carbocycles. The van der Waals surface area contributed by atoms with Crippen molar-refractivity contribution in [3.63, 3.8) is 0 Å². The number of ether oxygens (including phenoxy) is 6. The van der Waals surface area contributed by atoms with Crippen LogP contribution in [0.3, 0.4) is 0 Å². The molecule has 1 aromatic rings. The number of carbonyl (C=O) groups excluding carboxylic acids is 7. The van der Waals surface area contributed by atoms with Crippen LogP contribution >= 0.6 is 67.8 Å². The molecule has 2 amide bonds. The lowest BCUT2D eigenvalue weighted by molar-refractivity contribution is -0.265. The van der Waals surface area contributed by atoms with E-state index in [1.807, 2.05) is 96.3 Å². The molecule has 84 heavy (non-hydrogen) atoms. The van der Waals surface area contributed by atoms with Gasteiger partial charge in [0.05, 0.1) is 46.0 Å². The number of cyclic esters (lactones) is 1. The van der Waals surface area contributed by atoms with Crippen molar-refractivity contribution >= 4 is 120 Å². The SMILES string of the molecule is CO[C@H]1C[C@@H]2CC[C@@H](C)[C@@](O)(O2)C(=O)C(=O)N2CCCC[C@H]2C(=O)O[C@H]([C@H](C)C[C@@H]2CC[C@@H](OC(=O)c3c(I)c(NC(C)=O)c(I)c(NC(C)O)c3I)[C@H](OC)C2)CC(=O)[C@H](C)/C=C(\C)[C@@H](O)[C@@H](OC)C(=O)[C@H](C)C[C@H](C)/C=C/C=C/C=C/1C. The second kappa shape index (κ2) is 32.8. The maximum absolute atomic E-state index is 14.7. The Balaban J connectivity index is 1.46. The molecule has 1 unspecified atom stereocenters. The number of fused-ring (bicyclic) bond motifs is 3. The van der Waals surface area contributed by atoms with Gasteiger partial charge in [0.25, 0.3) is 11.7 Å². The van der Waals surface area contributed by atoms with E-state index in [1.165, 1.54) is 33.0 Å². The standard InChI is InChI=1S/C62H88I3N3O16/c1-32-18-14-13-15-19-33(2)46(79-10)30-42-23-21-38(7)62(78,84-42)58(74)59(75)68-25-17-16-20-43(68)60(76)83-47(31-44(71)34(3)27-37(6)56(73)57(81-12)55(72)36(5)26-32)35(4)28-41-22-24-45(48(29-41)80-11)82-61(77)49-50(63)53(66-39(8)69)52(65)54(51(49)64)67-40(9)70/h13-15,18-19,27,32,34-36,38-39,41-43,45-48,56-57,66,69,73,78H,16-17,20-26,28-31H2,1-12H3,(H,67,70)/b15-13+,18-14+,33-19+,37-27+/t32-,34-,35-,36-,38-,39?,41+,42+,43+,45-,46+,47+,48-,56-,57+,62-/m1/s1. The molecule has 0 spiro atoms. The fourth-order valence-electron chi connectivity index (χ4n) is 11.9. The van der Waals surface area contributed by atoms with Crippen molar-refractivity contribution in [3.05, 3.63) is 63.9 Å². The van der Waals surface area contributed by atoms with E-state index >= 15 is 0 Å². The number of benzene rings is 1. The van der Waals surface area contributed by atoms with Gasteiger partial charge in [-0.2, -0.15) is 0 Å². The van der Waals surface area contributed by atoms with Crippen LogP contribution < -0.4 is 10.6 Å². The highest BCUT2D eigenvalue weighted by atomic mass is 127. The highest BCUT2D eigenvalue weighted by Gasteiger charge is 2.53. The number of aliphatic hydroxyl groups excluding tert-OH is 2. The fraction of sp³-hybridized carbons (Fsp3) is 0.661. The normalized spacial score (nSPS) is 34.1. The Labute approximate surface area is 536 Å². The van der Waals surface area contributed by atoms with Crippen molar-refractivity contribution < 1.29 is 77.3 Å². The number of hydrogen-bond acceptors (Lipinski definition) is 17. The number of ketones is 3. The largest absolute Gasteiger partial charge is 0.460 e. The molecule has 3 heterocycles. The summed E-state index contributed by atoms with van der Waals surface area (Å²) < 4.78 is 37.8. The molecule has 2 bridgehead atoms. The molecule has 3 fully saturated rings. The second-order valence-corrected chi connectivity index (χ2v) is 26.8. The molecular weight excluding hydrogens is 1420 g/mol. The summed E-state index contributed by atoms with van der Waals surface area (Å²) in [5, 5.41) is 39.8. The Hall–Kier alpha value is -3.22. The smallest absolute Gasteiger partial charge is 0.340 e. The number of amides is 2. The van der Waals surface area contributed by atoms with E-state index in [0.29, 0.717) is 85.4 Å². The number of esters is 2. The summed E-state index contributed by atoms with van der Waals surface area (Å²) in [5.74, 6) is -9.78. The molecule has 5 rings (SSSR count). The molecule has 0 radical (unpaired) electrons. The summed E-state index contributed by atoms with van der Waals surface area (Å²) >= 11 is 6.09. The predicted octanol–water partition coefficient (Wildman–Crippen LogP) is 9.57. The number of Topliss-reactive ketones (excluding diaryl/α,β-unsaturated/α-hetero) is 3. The Morgan fingerprint density at radius 1 is 0.833 bits per heavy atom. The van der Waals surface area contributed by atoms with Crippen molar-refractivity contribution in [1.82, 2.24) is 4.90 Å². The summed E-state index contributed by atoms with van der Waals surface area (Å²) in [5.41, 5.74) is 2.26. The highest BCUT2D eigenvalue weighted by Crippen LogP contribution is 2.42. The number of piperidine rings is 1. The van der Waals surface area contributed by atoms with Crippen molar-refractivity contribution in [3.8, 4) is 0 Å². The van der Waals surface area contributed by atoms with Gasteiger partial charge in [0.1, 0.15) is 42.5 Å². The van der Waals surface area contributed by atoms with Gasteiger partial charge in [-0.1, -0.05) is 71.1 Å². The van der Waals surface area contributed by atoms with Crippen LogP contribution in [0.1, 0.15) is 150 Å². The van der Waals surface area contributed by atoms with Crippen LogP contribution in [-0.2, 0) is 57.2 Å². The molecule has 468 valence electrons. The summed E-state index contributed by atoms with van der Waals surface area (Å²) in [6, 6.07) is -1.22. The number of allylic oxidation sites excluding steroid dienone is 6. The molecule has 19 nitrogen and oxygen atoms in total. The number of nitrogens with one attached hydrogen (secondary N) is 2. The third-order valence-electron chi connectivity index (χ3n) is 16.9. The Morgan fingerprint density at radius 3 is 2.17 bits per heavy atom. The van der Waals surface area contributed by atoms with Gasteiger partial charge in [-0.25, -0.2) is 9.59 Å². The quantitative estimate of drug-likeness (QED) is 0.0454. The van der Waals surface area contributed by atoms with Gasteiger partial charge in [-0.3, -0.25) is 24.0 Å². The van der Waals surface area contributed by atoms with Crippen molar-refractivity contribution in [2.45, 2.75) is 200 Å². The van der Waals surface area contributed by atoms with Crippen molar-refractivity contribution in [2.75, 3.05) is 38.5 Å². The van der Waals surface area contributed by atoms with Crippen LogP contribution in [0, 0.1) is 46.2 Å². The van der Waals surface area contributed by atoms with E-state index in [4.69, 9.17) is 28.4 Å². The number of anilines is 2. The van der Waals surface area contributed by atoms with Crippen LogP contribution in [0.25, 0.3) is 0 Å². The monoisotopic (exact) mass is 1510 g/mol. The highest BCUT2D eigenvalue weighted by molar-refractivity contribution is 14.1. The molecule has 22 heteroatoms. The zero-order valence-electron chi connectivity index (χ0n) is 50.5. The number of rotatable bonds is 11. The number of carbonyl (C=O) groups is 7. The van der Waals surface area contributed by atoms with E-state index in [-0.39, 0.29) is 60.7 Å². The molecule has 4 aliphatic rings. The topological polar surface area (TPSA) is 263 Å². The van der Waals surface area contributed by atoms with Gasteiger partial charge in [-0.15, -0.1) is 0 Å². The number of halogens is 3. The number of aliphatic hydroxyl groups is 3. The van der Waals surface area contributed by atoms with Crippen molar-refractivity contribution in [2.24, 2.45) is 35.5 Å². The number of hydrogen-bond donors (Lipinski definition) is 5. The summed E-state index contributed by atoms with van der Waals surface area (Å²) in [7, 11) is 4.46. The molecular formula is C62H88I3N3O16. The molecule has 3 aliphatic heterocycles. The summed E-state index contributed by atoms with van der Waals surface area (Å²) in [6.07, 6.45) is 8.51. The third-order valence-corrected chi connectivity index (χ3v) is 20.1. The Morgan fingerprint density at radius 2 is 1.52 bits per heavy atom. The van der Waals surface area contributed by atoms with Crippen LogP contribution in [0.4, 0.5) is 11.4 Å². The first-order chi connectivity index (χ1) is 39.6. The zero-order valence-corrected chi connectivity index (χ0v) is 57.0. The lowest BCUT2D eigenvalue weighted by atomic mass is 9.78. The minimum atomic E-state index is -2.48. The van der Waals surface area contributed by atoms with E-state index < -0.39 is 108 Å². The number of nitrogens with zero attached hydrogens (tertiary/aromatic N) is 1. The van der Waals surface area contributed by atoms with Crippen LogP contribution in [0.5, 0.6) is 0 Å². The Bertz CT molecular complexity index is 2660. The first-order valence-corrected chi connectivity index (χ1v) is 32.4. The van der Waals surface area contributed by atoms with Gasteiger partial charge in [-0.05, 0) is 182 Å². The third kappa shape index (κ3) is 18.4. The number of methoxy groups -OCH3 is 3.